The molecule has 1 aromatic rings. The van der Waals surface area contributed by atoms with Crippen molar-refractivity contribution in [3.8, 4) is 0 Å². The number of nitrogens with one attached hydrogen (secondary N) is 1. The van der Waals surface area contributed by atoms with Gasteiger partial charge in [0.25, 0.3) is 0 Å². The van der Waals surface area contributed by atoms with Crippen LogP contribution in [0.25, 0.3) is 0 Å². The van der Waals surface area contributed by atoms with Crippen LogP contribution in [0.3, 0.4) is 0 Å². The van der Waals surface area contributed by atoms with Gasteiger partial charge in [-0.25, -0.2) is 0 Å². The zero-order valence-electron chi connectivity index (χ0n) is 14.5. The van der Waals surface area contributed by atoms with E-state index in [4.69, 9.17) is 0 Å². The third-order valence-electron chi connectivity index (χ3n) is 4.45. The lowest BCUT2D eigenvalue weighted by Gasteiger charge is -2.37. The topological polar surface area (TPSA) is 15.3 Å². The summed E-state index contributed by atoms with van der Waals surface area (Å²) in [7, 11) is 0. The molecule has 0 bridgehead atoms. The van der Waals surface area contributed by atoms with Crippen molar-refractivity contribution in [2.24, 2.45) is 5.41 Å². The molecular weight excluding hydrogens is 256 g/mol. The standard InChI is InChI=1S/C19H32N2/c1-6-12-19(5,14-20-18(2,3)4)15-21-13-11-16-9-7-8-10-17(16)21/h7-10,20H,6,11-15H2,1-5H3. The van der Waals surface area contributed by atoms with Crippen LogP contribution in [0.2, 0.25) is 0 Å². The van der Waals surface area contributed by atoms with E-state index in [0.717, 1.165) is 13.1 Å². The summed E-state index contributed by atoms with van der Waals surface area (Å²) in [6, 6.07) is 8.89. The van der Waals surface area contributed by atoms with Crippen LogP contribution in [-0.2, 0) is 6.42 Å². The molecule has 0 amide bonds. The molecule has 2 rings (SSSR count). The summed E-state index contributed by atoms with van der Waals surface area (Å²) in [4.78, 5) is 2.59. The van der Waals surface area contributed by atoms with E-state index in [2.05, 4.69) is 69.1 Å². The van der Waals surface area contributed by atoms with Gasteiger partial charge in [0.15, 0.2) is 0 Å². The summed E-state index contributed by atoms with van der Waals surface area (Å²) in [6.45, 7) is 14.9. The molecule has 2 nitrogen and oxygen atoms in total. The first-order valence-corrected chi connectivity index (χ1v) is 8.41. The quantitative estimate of drug-likeness (QED) is 0.842. The Bertz CT molecular complexity index is 461. The molecule has 1 aliphatic rings. The Morgan fingerprint density at radius 3 is 2.52 bits per heavy atom. The summed E-state index contributed by atoms with van der Waals surface area (Å²) in [5.41, 5.74) is 3.49. The van der Waals surface area contributed by atoms with Crippen molar-refractivity contribution in [1.29, 1.82) is 0 Å². The van der Waals surface area contributed by atoms with Gasteiger partial charge in [-0.2, -0.15) is 0 Å². The first-order valence-electron chi connectivity index (χ1n) is 8.41. The molecule has 1 unspecified atom stereocenters. The summed E-state index contributed by atoms with van der Waals surface area (Å²) >= 11 is 0. The minimum absolute atomic E-state index is 0.192. The zero-order valence-corrected chi connectivity index (χ0v) is 14.5. The van der Waals surface area contributed by atoms with Crippen molar-refractivity contribution in [3.63, 3.8) is 0 Å². The summed E-state index contributed by atoms with van der Waals surface area (Å²) in [5, 5.41) is 3.72. The highest BCUT2D eigenvalue weighted by Gasteiger charge is 2.30. The first kappa shape index (κ1) is 16.4. The van der Waals surface area contributed by atoms with Gasteiger partial charge >= 0.3 is 0 Å². The molecule has 0 aromatic heterocycles. The molecule has 21 heavy (non-hydrogen) atoms. The molecule has 0 aliphatic carbocycles. The maximum absolute atomic E-state index is 3.72. The van der Waals surface area contributed by atoms with Gasteiger partial charge in [-0.05, 0) is 50.7 Å². The molecule has 1 heterocycles. The van der Waals surface area contributed by atoms with E-state index in [-0.39, 0.29) is 5.54 Å². The number of benzene rings is 1. The number of hydrogen-bond acceptors (Lipinski definition) is 2. The number of rotatable bonds is 6. The van der Waals surface area contributed by atoms with Gasteiger partial charge in [0, 0.05) is 30.9 Å². The third-order valence-corrected chi connectivity index (χ3v) is 4.45. The van der Waals surface area contributed by atoms with E-state index in [1.165, 1.54) is 37.1 Å². The number of hydrogen-bond donors (Lipinski definition) is 1. The summed E-state index contributed by atoms with van der Waals surface area (Å²) in [6.07, 6.45) is 3.72. The smallest absolute Gasteiger partial charge is 0.0399 e. The van der Waals surface area contributed by atoms with E-state index in [9.17, 15) is 0 Å². The van der Waals surface area contributed by atoms with Crippen LogP contribution in [0, 0.1) is 5.41 Å². The molecule has 1 aromatic carbocycles. The average molecular weight is 288 g/mol. The van der Waals surface area contributed by atoms with Gasteiger partial charge in [0.1, 0.15) is 0 Å². The van der Waals surface area contributed by atoms with E-state index >= 15 is 0 Å². The molecule has 0 radical (unpaired) electrons. The van der Waals surface area contributed by atoms with Gasteiger partial charge in [-0.15, -0.1) is 0 Å². The number of para-hydroxylation sites is 1. The first-order chi connectivity index (χ1) is 9.83. The van der Waals surface area contributed by atoms with Crippen LogP contribution in [0.15, 0.2) is 24.3 Å². The van der Waals surface area contributed by atoms with Crippen LogP contribution in [-0.4, -0.2) is 25.2 Å². The van der Waals surface area contributed by atoms with Crippen molar-refractivity contribution < 1.29 is 0 Å². The fourth-order valence-electron chi connectivity index (χ4n) is 3.34. The van der Waals surface area contributed by atoms with Crippen LogP contribution in [0.5, 0.6) is 0 Å². The van der Waals surface area contributed by atoms with Crippen LogP contribution in [0.1, 0.15) is 53.0 Å². The Labute approximate surface area is 130 Å². The highest BCUT2D eigenvalue weighted by Crippen LogP contribution is 2.33. The number of nitrogens with zero attached hydrogens (tertiary/aromatic N) is 1. The lowest BCUT2D eigenvalue weighted by Crippen LogP contribution is -2.47. The Morgan fingerprint density at radius 2 is 1.86 bits per heavy atom. The third kappa shape index (κ3) is 4.47. The fraction of sp³-hybridized carbons (Fsp3) is 0.684. The summed E-state index contributed by atoms with van der Waals surface area (Å²) < 4.78 is 0. The molecule has 2 heteroatoms. The minimum atomic E-state index is 0.192. The van der Waals surface area contributed by atoms with E-state index in [1.54, 1.807) is 0 Å². The summed E-state index contributed by atoms with van der Waals surface area (Å²) in [5.74, 6) is 0. The van der Waals surface area contributed by atoms with Crippen LogP contribution < -0.4 is 10.2 Å². The SMILES string of the molecule is CCCC(C)(CNC(C)(C)C)CN1CCc2ccccc21. The Morgan fingerprint density at radius 1 is 1.14 bits per heavy atom. The van der Waals surface area contributed by atoms with Crippen molar-refractivity contribution in [2.75, 3.05) is 24.5 Å². The van der Waals surface area contributed by atoms with Crippen molar-refractivity contribution in [1.82, 2.24) is 5.32 Å². The van der Waals surface area contributed by atoms with Gasteiger partial charge < -0.3 is 10.2 Å². The lowest BCUT2D eigenvalue weighted by atomic mass is 9.84. The molecule has 0 saturated carbocycles. The number of fused-ring (bicyclic) bond motifs is 1. The highest BCUT2D eigenvalue weighted by molar-refractivity contribution is 5.57. The fourth-order valence-corrected chi connectivity index (χ4v) is 3.34. The largest absolute Gasteiger partial charge is 0.370 e. The predicted octanol–water partition coefficient (Wildman–Crippen LogP) is 4.24. The van der Waals surface area contributed by atoms with Gasteiger partial charge in [-0.3, -0.25) is 0 Å². The molecule has 0 spiro atoms. The Hall–Kier alpha value is -1.02. The molecule has 1 N–H and O–H groups in total. The molecule has 1 atom stereocenters. The zero-order chi connectivity index (χ0) is 15.5. The van der Waals surface area contributed by atoms with Crippen molar-refractivity contribution in [2.45, 2.75) is 59.4 Å². The highest BCUT2D eigenvalue weighted by atomic mass is 15.2. The molecule has 0 fully saturated rings. The molecule has 1 aliphatic heterocycles. The number of anilines is 1. The maximum Gasteiger partial charge on any atom is 0.0399 e. The van der Waals surface area contributed by atoms with Crippen LogP contribution >= 0.6 is 0 Å². The second-order valence-electron chi connectivity index (χ2n) is 7.96. The Kier molecular flexibility index (Phi) is 4.98. The van der Waals surface area contributed by atoms with Gasteiger partial charge in [0.05, 0.1) is 0 Å². The van der Waals surface area contributed by atoms with E-state index in [1.807, 2.05) is 0 Å². The minimum Gasteiger partial charge on any atom is -0.370 e. The second kappa shape index (κ2) is 6.39. The Balaban J connectivity index is 2.06. The van der Waals surface area contributed by atoms with Crippen molar-refractivity contribution >= 4 is 5.69 Å². The van der Waals surface area contributed by atoms with Crippen molar-refractivity contribution in [3.05, 3.63) is 29.8 Å². The van der Waals surface area contributed by atoms with E-state index in [0.29, 0.717) is 5.41 Å². The normalized spacial score (nSPS) is 17.7. The monoisotopic (exact) mass is 288 g/mol. The second-order valence-corrected chi connectivity index (χ2v) is 7.96. The molecular formula is C19H32N2. The van der Waals surface area contributed by atoms with Crippen LogP contribution in [0.4, 0.5) is 5.69 Å². The average Bonchev–Trinajstić information content (AvgIpc) is 2.80. The predicted molar refractivity (Wildman–Crippen MR) is 93.1 cm³/mol. The molecule has 0 saturated heterocycles. The van der Waals surface area contributed by atoms with Gasteiger partial charge in [0.2, 0.25) is 0 Å². The lowest BCUT2D eigenvalue weighted by molar-refractivity contribution is 0.249. The molecule has 118 valence electrons. The maximum atomic E-state index is 3.72. The van der Waals surface area contributed by atoms with E-state index < -0.39 is 0 Å². The van der Waals surface area contributed by atoms with Gasteiger partial charge in [-0.1, -0.05) is 38.5 Å².